The second-order valence-corrected chi connectivity index (χ2v) is 8.73. The smallest absolute Gasteiger partial charge is 0.335 e. The number of para-hydroxylation sites is 1. The van der Waals surface area contributed by atoms with E-state index in [0.717, 1.165) is 10.5 Å². The van der Waals surface area contributed by atoms with Gasteiger partial charge in [-0.1, -0.05) is 29.8 Å². The average Bonchev–Trinajstić information content (AvgIpc) is 3.36. The molecule has 1 aliphatic rings. The van der Waals surface area contributed by atoms with E-state index in [-0.39, 0.29) is 16.2 Å². The van der Waals surface area contributed by atoms with Crippen LogP contribution >= 0.6 is 23.4 Å². The van der Waals surface area contributed by atoms with Crippen LogP contribution in [0, 0.1) is 6.92 Å². The maximum Gasteiger partial charge on any atom is 0.335 e. The second-order valence-electron chi connectivity index (χ2n) is 7.33. The number of furan rings is 1. The number of nitrogens with one attached hydrogen (secondary N) is 1. The van der Waals surface area contributed by atoms with Crippen LogP contribution in [0.3, 0.4) is 0 Å². The van der Waals surface area contributed by atoms with E-state index in [9.17, 15) is 24.3 Å². The van der Waals surface area contributed by atoms with Crippen molar-refractivity contribution in [2.45, 2.75) is 6.92 Å². The summed E-state index contributed by atoms with van der Waals surface area (Å²) in [6.07, 6.45) is 1.39. The highest BCUT2D eigenvalue weighted by molar-refractivity contribution is 8.18. The van der Waals surface area contributed by atoms with Crippen molar-refractivity contribution in [3.05, 3.63) is 81.4 Å². The van der Waals surface area contributed by atoms with E-state index in [4.69, 9.17) is 16.0 Å². The lowest BCUT2D eigenvalue weighted by Gasteiger charge is -2.13. The number of carboxylic acids is 1. The molecule has 34 heavy (non-hydrogen) atoms. The van der Waals surface area contributed by atoms with Crippen LogP contribution in [-0.2, 0) is 9.59 Å². The maximum absolute atomic E-state index is 12.7. The van der Waals surface area contributed by atoms with Gasteiger partial charge in [-0.05, 0) is 60.6 Å². The molecular formula is C24H17ClN2O6S. The molecule has 8 nitrogen and oxygen atoms in total. The first-order valence-electron chi connectivity index (χ1n) is 9.97. The van der Waals surface area contributed by atoms with Crippen molar-refractivity contribution >= 4 is 58.1 Å². The molecule has 3 aromatic rings. The van der Waals surface area contributed by atoms with Gasteiger partial charge in [0.25, 0.3) is 11.1 Å². The summed E-state index contributed by atoms with van der Waals surface area (Å²) >= 11 is 6.87. The number of hydrogen-bond acceptors (Lipinski definition) is 6. The fraction of sp³-hybridized carbons (Fsp3) is 0.0833. The molecule has 1 aromatic heterocycles. The van der Waals surface area contributed by atoms with E-state index in [2.05, 4.69) is 5.32 Å². The maximum atomic E-state index is 12.7. The third-order valence-corrected chi connectivity index (χ3v) is 6.21. The normalized spacial score (nSPS) is 14.6. The highest BCUT2D eigenvalue weighted by Crippen LogP contribution is 2.35. The Balaban J connectivity index is 1.49. The Morgan fingerprint density at radius 1 is 1.15 bits per heavy atom. The average molecular weight is 497 g/mol. The van der Waals surface area contributed by atoms with Crippen molar-refractivity contribution in [2.75, 3.05) is 11.9 Å². The van der Waals surface area contributed by atoms with Gasteiger partial charge in [-0.3, -0.25) is 19.3 Å². The van der Waals surface area contributed by atoms with Gasteiger partial charge in [-0.15, -0.1) is 0 Å². The van der Waals surface area contributed by atoms with E-state index in [0.29, 0.717) is 33.8 Å². The van der Waals surface area contributed by atoms with E-state index >= 15 is 0 Å². The van der Waals surface area contributed by atoms with Crippen LogP contribution < -0.4 is 5.32 Å². The zero-order valence-corrected chi connectivity index (χ0v) is 19.3. The molecule has 0 spiro atoms. The Morgan fingerprint density at radius 2 is 1.91 bits per heavy atom. The van der Waals surface area contributed by atoms with E-state index in [1.54, 1.807) is 24.3 Å². The number of hydrogen-bond donors (Lipinski definition) is 2. The van der Waals surface area contributed by atoms with Crippen LogP contribution in [0.2, 0.25) is 5.02 Å². The van der Waals surface area contributed by atoms with Gasteiger partial charge in [0.1, 0.15) is 18.1 Å². The molecule has 1 fully saturated rings. The molecule has 1 aliphatic heterocycles. The summed E-state index contributed by atoms with van der Waals surface area (Å²) in [5, 5.41) is 11.6. The molecule has 0 saturated carbocycles. The van der Waals surface area contributed by atoms with E-state index in [1.807, 2.05) is 19.1 Å². The Morgan fingerprint density at radius 3 is 2.65 bits per heavy atom. The van der Waals surface area contributed by atoms with Crippen LogP contribution in [0.1, 0.15) is 21.7 Å². The van der Waals surface area contributed by atoms with Crippen LogP contribution in [-0.4, -0.2) is 39.6 Å². The van der Waals surface area contributed by atoms with Gasteiger partial charge in [0.15, 0.2) is 0 Å². The van der Waals surface area contributed by atoms with E-state index in [1.165, 1.54) is 24.3 Å². The van der Waals surface area contributed by atoms with Gasteiger partial charge in [-0.2, -0.15) is 0 Å². The number of anilines is 1. The first-order valence-corrected chi connectivity index (χ1v) is 11.2. The largest absolute Gasteiger partial charge is 0.478 e. The van der Waals surface area contributed by atoms with Gasteiger partial charge in [0, 0.05) is 17.3 Å². The van der Waals surface area contributed by atoms with Crippen molar-refractivity contribution in [1.82, 2.24) is 4.90 Å². The number of carboxylic acid groups (broad SMARTS) is 1. The number of rotatable bonds is 6. The van der Waals surface area contributed by atoms with Crippen LogP contribution in [0.4, 0.5) is 10.5 Å². The minimum absolute atomic E-state index is 0.0439. The lowest BCUT2D eigenvalue weighted by Crippen LogP contribution is -2.36. The third kappa shape index (κ3) is 4.90. The van der Waals surface area contributed by atoms with Gasteiger partial charge in [0.05, 0.1) is 15.5 Å². The minimum atomic E-state index is -1.11. The Hall–Kier alpha value is -3.82. The quantitative estimate of drug-likeness (QED) is 0.446. The summed E-state index contributed by atoms with van der Waals surface area (Å²) in [5.74, 6) is -1.65. The molecule has 2 aromatic carbocycles. The Kier molecular flexibility index (Phi) is 6.58. The Labute approximate surface area is 203 Å². The molecule has 2 N–H and O–H groups in total. The van der Waals surface area contributed by atoms with Gasteiger partial charge in [0.2, 0.25) is 5.91 Å². The topological polar surface area (TPSA) is 117 Å². The zero-order valence-electron chi connectivity index (χ0n) is 17.7. The number of amides is 3. The molecule has 3 amide bonds. The Bertz CT molecular complexity index is 1360. The zero-order chi connectivity index (χ0) is 24.4. The first kappa shape index (κ1) is 23.3. The second kappa shape index (κ2) is 9.58. The van der Waals surface area contributed by atoms with Gasteiger partial charge >= 0.3 is 5.97 Å². The van der Waals surface area contributed by atoms with Gasteiger partial charge in [-0.25, -0.2) is 4.79 Å². The highest BCUT2D eigenvalue weighted by atomic mass is 35.5. The van der Waals surface area contributed by atoms with E-state index < -0.39 is 29.6 Å². The lowest BCUT2D eigenvalue weighted by molar-refractivity contribution is -0.127. The van der Waals surface area contributed by atoms with Crippen LogP contribution in [0.15, 0.2) is 63.9 Å². The molecule has 0 radical (unpaired) electrons. The summed E-state index contributed by atoms with van der Waals surface area (Å²) in [5.41, 5.74) is 1.88. The molecule has 4 rings (SSSR count). The molecule has 0 aliphatic carbocycles. The lowest BCUT2D eigenvalue weighted by atomic mass is 10.1. The number of aryl methyl sites for hydroxylation is 1. The van der Waals surface area contributed by atoms with Crippen molar-refractivity contribution in [3.63, 3.8) is 0 Å². The van der Waals surface area contributed by atoms with Gasteiger partial charge < -0.3 is 14.8 Å². The minimum Gasteiger partial charge on any atom is -0.478 e. The number of thioether (sulfide) groups is 1. The number of halogens is 1. The van der Waals surface area contributed by atoms with Crippen LogP contribution in [0.5, 0.6) is 0 Å². The fourth-order valence-electron chi connectivity index (χ4n) is 3.23. The number of carbonyl (C=O) groups excluding carboxylic acids is 3. The highest BCUT2D eigenvalue weighted by Gasteiger charge is 2.36. The first-order chi connectivity index (χ1) is 16.2. The molecule has 172 valence electrons. The summed E-state index contributed by atoms with van der Waals surface area (Å²) in [6.45, 7) is 1.42. The van der Waals surface area contributed by atoms with Crippen molar-refractivity contribution < 1.29 is 28.7 Å². The number of aromatic carboxylic acids is 1. The predicted molar refractivity (Wildman–Crippen MR) is 129 cm³/mol. The number of imide groups is 1. The number of benzene rings is 2. The summed E-state index contributed by atoms with van der Waals surface area (Å²) in [4.78, 5) is 49.7. The fourth-order valence-corrected chi connectivity index (χ4v) is 4.26. The summed E-state index contributed by atoms with van der Waals surface area (Å²) < 4.78 is 5.71. The predicted octanol–water partition coefficient (Wildman–Crippen LogP) is 5.28. The molecule has 1 saturated heterocycles. The van der Waals surface area contributed by atoms with Crippen LogP contribution in [0.25, 0.3) is 17.4 Å². The van der Waals surface area contributed by atoms with Crippen molar-refractivity contribution in [1.29, 1.82) is 0 Å². The molecule has 0 bridgehead atoms. The molecule has 0 unspecified atom stereocenters. The molecule has 0 atom stereocenters. The third-order valence-electron chi connectivity index (χ3n) is 4.97. The molecule has 10 heteroatoms. The summed E-state index contributed by atoms with van der Waals surface area (Å²) in [6, 6.07) is 14.5. The standard InChI is InChI=1S/C24H17ClN2O6S/c1-13-4-2-3-5-18(13)26-21(28)12-27-22(29)20(34-24(27)32)11-15-7-9-19(33-15)16-10-14(23(30)31)6-8-17(16)25/h2-11H,12H2,1H3,(H,26,28)(H,30,31)/b20-11-. The number of nitrogens with zero attached hydrogens (tertiary/aromatic N) is 1. The van der Waals surface area contributed by atoms with Crippen molar-refractivity contribution in [2.24, 2.45) is 0 Å². The monoisotopic (exact) mass is 496 g/mol. The number of carbonyl (C=O) groups is 4. The summed E-state index contributed by atoms with van der Waals surface area (Å²) in [7, 11) is 0. The van der Waals surface area contributed by atoms with Crippen molar-refractivity contribution in [3.8, 4) is 11.3 Å². The molecular weight excluding hydrogens is 480 g/mol. The molecule has 2 heterocycles. The SMILES string of the molecule is Cc1ccccc1NC(=O)CN1C(=O)S/C(=C\c2ccc(-c3cc(C(=O)O)ccc3Cl)o2)C1=O.